The normalized spacial score (nSPS) is 15.3. The minimum atomic E-state index is -0.215. The number of amides is 1. The van der Waals surface area contributed by atoms with Crippen molar-refractivity contribution in [1.29, 1.82) is 0 Å². The Kier molecular flexibility index (Phi) is 6.84. The lowest BCUT2D eigenvalue weighted by atomic mass is 10.1. The van der Waals surface area contributed by atoms with Gasteiger partial charge in [0.2, 0.25) is 5.91 Å². The number of anilines is 1. The number of carbonyl (C=O) groups excluding carboxylic acids is 1. The molecule has 1 amide bonds. The van der Waals surface area contributed by atoms with Crippen molar-refractivity contribution in [2.75, 3.05) is 44.2 Å². The van der Waals surface area contributed by atoms with Crippen LogP contribution in [0.25, 0.3) is 0 Å². The summed E-state index contributed by atoms with van der Waals surface area (Å²) in [6.07, 6.45) is 1.71. The number of nitrogens with one attached hydrogen (secondary N) is 1. The molecule has 1 heterocycles. The zero-order chi connectivity index (χ0) is 16.7. The molecule has 1 aromatic carbocycles. The maximum Gasteiger partial charge on any atom is 0.223 e. The molecule has 0 saturated carbocycles. The van der Waals surface area contributed by atoms with Gasteiger partial charge in [-0.15, -0.1) is 0 Å². The van der Waals surface area contributed by atoms with Gasteiger partial charge in [0.15, 0.2) is 0 Å². The average Bonchev–Trinajstić information content (AvgIpc) is 2.55. The highest BCUT2D eigenvalue weighted by Gasteiger charge is 2.20. The third-order valence-electron chi connectivity index (χ3n) is 4.24. The first-order chi connectivity index (χ1) is 11.1. The second-order valence-electron chi connectivity index (χ2n) is 6.53. The summed E-state index contributed by atoms with van der Waals surface area (Å²) in [7, 11) is 0. The molecule has 2 rings (SSSR count). The van der Waals surface area contributed by atoms with E-state index in [1.807, 2.05) is 4.90 Å². The average molecular weight is 321 g/mol. The van der Waals surface area contributed by atoms with Gasteiger partial charge in [-0.1, -0.05) is 13.8 Å². The lowest BCUT2D eigenvalue weighted by molar-refractivity contribution is -0.131. The fraction of sp³-hybridized carbons (Fsp3) is 0.611. The molecule has 4 nitrogen and oxygen atoms in total. The topological polar surface area (TPSA) is 35.6 Å². The number of rotatable bonds is 7. The Morgan fingerprint density at radius 1 is 1.13 bits per heavy atom. The highest BCUT2D eigenvalue weighted by Crippen LogP contribution is 2.17. The van der Waals surface area contributed by atoms with Gasteiger partial charge >= 0.3 is 0 Å². The Balaban J connectivity index is 1.67. The highest BCUT2D eigenvalue weighted by atomic mass is 19.1. The van der Waals surface area contributed by atoms with Gasteiger partial charge in [-0.3, -0.25) is 4.79 Å². The van der Waals surface area contributed by atoms with E-state index in [-0.39, 0.29) is 11.7 Å². The third kappa shape index (κ3) is 5.82. The van der Waals surface area contributed by atoms with Crippen LogP contribution in [0.3, 0.4) is 0 Å². The van der Waals surface area contributed by atoms with Crippen LogP contribution in [0.1, 0.15) is 26.7 Å². The number of piperazine rings is 1. The van der Waals surface area contributed by atoms with Crippen molar-refractivity contribution < 1.29 is 9.18 Å². The summed E-state index contributed by atoms with van der Waals surface area (Å²) < 4.78 is 13.0. The van der Waals surface area contributed by atoms with Gasteiger partial charge in [-0.05, 0) is 43.1 Å². The lowest BCUT2D eigenvalue weighted by Crippen LogP contribution is -2.49. The number of nitrogens with zero attached hydrogens (tertiary/aromatic N) is 2. The predicted molar refractivity (Wildman–Crippen MR) is 92.1 cm³/mol. The zero-order valence-corrected chi connectivity index (χ0v) is 14.2. The fourth-order valence-corrected chi connectivity index (χ4v) is 2.74. The van der Waals surface area contributed by atoms with Crippen LogP contribution in [-0.2, 0) is 4.79 Å². The van der Waals surface area contributed by atoms with Crippen molar-refractivity contribution in [3.8, 4) is 0 Å². The first-order valence-corrected chi connectivity index (χ1v) is 8.55. The van der Waals surface area contributed by atoms with Crippen molar-refractivity contribution in [2.45, 2.75) is 26.7 Å². The summed E-state index contributed by atoms with van der Waals surface area (Å²) in [5.41, 5.74) is 1.02. The van der Waals surface area contributed by atoms with E-state index >= 15 is 0 Å². The molecular weight excluding hydrogens is 293 g/mol. The van der Waals surface area contributed by atoms with E-state index in [0.29, 0.717) is 12.3 Å². The van der Waals surface area contributed by atoms with Crippen LogP contribution in [0.15, 0.2) is 24.3 Å². The van der Waals surface area contributed by atoms with Crippen molar-refractivity contribution in [3.63, 3.8) is 0 Å². The number of halogens is 1. The van der Waals surface area contributed by atoms with Crippen LogP contribution < -0.4 is 10.2 Å². The Hall–Kier alpha value is -1.62. The number of hydrogen-bond donors (Lipinski definition) is 1. The minimum absolute atomic E-state index is 0.215. The molecule has 128 valence electrons. The van der Waals surface area contributed by atoms with Gasteiger partial charge in [0.1, 0.15) is 5.82 Å². The van der Waals surface area contributed by atoms with Gasteiger partial charge < -0.3 is 15.1 Å². The number of hydrogen-bond acceptors (Lipinski definition) is 3. The van der Waals surface area contributed by atoms with E-state index in [1.54, 1.807) is 12.1 Å². The Morgan fingerprint density at radius 3 is 2.39 bits per heavy atom. The lowest BCUT2D eigenvalue weighted by Gasteiger charge is -2.36. The van der Waals surface area contributed by atoms with Gasteiger partial charge in [0, 0.05) is 44.8 Å². The highest BCUT2D eigenvalue weighted by molar-refractivity contribution is 5.76. The van der Waals surface area contributed by atoms with Crippen molar-refractivity contribution in [2.24, 2.45) is 5.92 Å². The van der Waals surface area contributed by atoms with E-state index in [4.69, 9.17) is 0 Å². The van der Waals surface area contributed by atoms with Crippen LogP contribution >= 0.6 is 0 Å². The number of benzene rings is 1. The van der Waals surface area contributed by atoms with Crippen LogP contribution in [0, 0.1) is 11.7 Å². The summed E-state index contributed by atoms with van der Waals surface area (Å²) in [5, 5.41) is 3.33. The maximum atomic E-state index is 13.0. The summed E-state index contributed by atoms with van der Waals surface area (Å²) in [4.78, 5) is 16.3. The molecule has 0 unspecified atom stereocenters. The van der Waals surface area contributed by atoms with Crippen molar-refractivity contribution >= 4 is 11.6 Å². The largest absolute Gasteiger partial charge is 0.368 e. The van der Waals surface area contributed by atoms with E-state index in [0.717, 1.165) is 51.4 Å². The third-order valence-corrected chi connectivity index (χ3v) is 4.24. The van der Waals surface area contributed by atoms with Gasteiger partial charge in [-0.25, -0.2) is 4.39 Å². The molecule has 0 aliphatic carbocycles. The monoisotopic (exact) mass is 321 g/mol. The standard InChI is InChI=1S/C18H28FN3O/c1-15(2)7-9-20-10-8-18(23)22-13-11-21(12-14-22)17-5-3-16(19)4-6-17/h3-6,15,20H,7-14H2,1-2H3. The van der Waals surface area contributed by atoms with Gasteiger partial charge in [-0.2, -0.15) is 0 Å². The summed E-state index contributed by atoms with van der Waals surface area (Å²) in [5.74, 6) is 0.700. The predicted octanol–water partition coefficient (Wildman–Crippen LogP) is 2.50. The first-order valence-electron chi connectivity index (χ1n) is 8.55. The Labute approximate surface area is 138 Å². The SMILES string of the molecule is CC(C)CCNCCC(=O)N1CCN(c2ccc(F)cc2)CC1. The van der Waals surface area contributed by atoms with Crippen LogP contribution in [0.5, 0.6) is 0 Å². The van der Waals surface area contributed by atoms with Crippen LogP contribution in [-0.4, -0.2) is 50.1 Å². The first kappa shape index (κ1) is 17.7. The smallest absolute Gasteiger partial charge is 0.223 e. The maximum absolute atomic E-state index is 13.0. The summed E-state index contributed by atoms with van der Waals surface area (Å²) in [6.45, 7) is 9.22. The molecule has 1 aliphatic heterocycles. The van der Waals surface area contributed by atoms with Crippen molar-refractivity contribution in [1.82, 2.24) is 10.2 Å². The molecule has 0 atom stereocenters. The summed E-state index contributed by atoms with van der Waals surface area (Å²) >= 11 is 0. The van der Waals surface area contributed by atoms with Crippen LogP contribution in [0.2, 0.25) is 0 Å². The zero-order valence-electron chi connectivity index (χ0n) is 14.2. The molecule has 0 radical (unpaired) electrons. The van der Waals surface area contributed by atoms with E-state index in [9.17, 15) is 9.18 Å². The molecule has 5 heteroatoms. The minimum Gasteiger partial charge on any atom is -0.368 e. The molecule has 23 heavy (non-hydrogen) atoms. The molecule has 1 aliphatic rings. The molecular formula is C18H28FN3O. The van der Waals surface area contributed by atoms with Crippen molar-refractivity contribution in [3.05, 3.63) is 30.1 Å². The second kappa shape index (κ2) is 8.87. The molecule has 1 saturated heterocycles. The van der Waals surface area contributed by atoms with E-state index in [1.165, 1.54) is 12.1 Å². The second-order valence-corrected chi connectivity index (χ2v) is 6.53. The molecule has 0 aromatic heterocycles. The fourth-order valence-electron chi connectivity index (χ4n) is 2.74. The van der Waals surface area contributed by atoms with Gasteiger partial charge in [0.25, 0.3) is 0 Å². The summed E-state index contributed by atoms with van der Waals surface area (Å²) in [6, 6.07) is 6.56. The molecule has 0 spiro atoms. The molecule has 0 bridgehead atoms. The van der Waals surface area contributed by atoms with Crippen LogP contribution in [0.4, 0.5) is 10.1 Å². The van der Waals surface area contributed by atoms with E-state index < -0.39 is 0 Å². The molecule has 1 N–H and O–H groups in total. The van der Waals surface area contributed by atoms with E-state index in [2.05, 4.69) is 24.1 Å². The number of carbonyl (C=O) groups is 1. The quantitative estimate of drug-likeness (QED) is 0.784. The Bertz CT molecular complexity index is 482. The van der Waals surface area contributed by atoms with Gasteiger partial charge in [0.05, 0.1) is 0 Å². The molecule has 1 aromatic rings. The molecule has 1 fully saturated rings. The Morgan fingerprint density at radius 2 is 1.78 bits per heavy atom.